The van der Waals surface area contributed by atoms with Crippen LogP contribution in [0.25, 0.3) is 22.0 Å². The molecule has 0 fully saturated rings. The lowest BCUT2D eigenvalue weighted by atomic mass is 10.1. The summed E-state index contributed by atoms with van der Waals surface area (Å²) < 4.78 is 31.6. The van der Waals surface area contributed by atoms with Gasteiger partial charge in [-0.25, -0.2) is 9.37 Å². The highest BCUT2D eigenvalue weighted by atomic mass is 19.1. The van der Waals surface area contributed by atoms with Gasteiger partial charge >= 0.3 is 0 Å². The van der Waals surface area contributed by atoms with E-state index in [0.29, 0.717) is 33.7 Å². The first-order valence-corrected chi connectivity index (χ1v) is 11.0. The Labute approximate surface area is 205 Å². The van der Waals surface area contributed by atoms with Gasteiger partial charge in [0.25, 0.3) is 5.56 Å². The summed E-state index contributed by atoms with van der Waals surface area (Å²) in [5.41, 5.74) is 1.57. The number of halogens is 1. The zero-order chi connectivity index (χ0) is 25.1. The average molecular weight is 484 g/mol. The summed E-state index contributed by atoms with van der Waals surface area (Å²) in [5.74, 6) is 1.05. The molecule has 0 saturated carbocycles. The van der Waals surface area contributed by atoms with Crippen LogP contribution in [0, 0.1) is 5.82 Å². The molecule has 0 aliphatic rings. The van der Waals surface area contributed by atoms with Gasteiger partial charge in [0.1, 0.15) is 5.75 Å². The van der Waals surface area contributed by atoms with Gasteiger partial charge in [-0.2, -0.15) is 0 Å². The Morgan fingerprint density at radius 3 is 2.36 bits per heavy atom. The largest absolute Gasteiger partial charge is 0.493 e. The third kappa shape index (κ3) is 4.54. The summed E-state index contributed by atoms with van der Waals surface area (Å²) in [5, 5.41) is 3.64. The van der Waals surface area contributed by atoms with E-state index in [0.717, 1.165) is 5.69 Å². The van der Waals surface area contributed by atoms with E-state index >= 15 is 4.39 Å². The fraction of sp³-hybridized carbons (Fsp3) is 0.0741. The Morgan fingerprint density at radius 1 is 0.861 bits per heavy atom. The van der Waals surface area contributed by atoms with Crippen LogP contribution in [0.1, 0.15) is 0 Å². The third-order valence-electron chi connectivity index (χ3n) is 5.51. The normalized spacial score (nSPS) is 10.8. The number of nitrogens with zero attached hydrogens (tertiary/aromatic N) is 2. The molecular formula is C27H21FN4O4. The van der Waals surface area contributed by atoms with Crippen molar-refractivity contribution in [3.8, 4) is 34.1 Å². The van der Waals surface area contributed by atoms with Gasteiger partial charge in [0.2, 0.25) is 5.95 Å². The van der Waals surface area contributed by atoms with E-state index in [-0.39, 0.29) is 17.3 Å². The molecule has 180 valence electrons. The van der Waals surface area contributed by atoms with Crippen LogP contribution in [0.4, 0.5) is 16.0 Å². The maximum atomic E-state index is 15.1. The van der Waals surface area contributed by atoms with Crippen LogP contribution in [0.2, 0.25) is 0 Å². The highest BCUT2D eigenvalue weighted by Gasteiger charge is 2.15. The number of para-hydroxylation sites is 1. The summed E-state index contributed by atoms with van der Waals surface area (Å²) in [6, 6.07) is 18.7. The monoisotopic (exact) mass is 484 g/mol. The predicted molar refractivity (Wildman–Crippen MR) is 135 cm³/mol. The number of aromatic amines is 1. The van der Waals surface area contributed by atoms with E-state index in [9.17, 15) is 4.79 Å². The Hall–Kier alpha value is -4.92. The molecule has 0 aliphatic heterocycles. The summed E-state index contributed by atoms with van der Waals surface area (Å²) in [6.07, 6.45) is 2.96. The minimum absolute atomic E-state index is 0.00668. The third-order valence-corrected chi connectivity index (χ3v) is 5.51. The Balaban J connectivity index is 1.42. The van der Waals surface area contributed by atoms with Crippen LogP contribution in [-0.4, -0.2) is 29.2 Å². The lowest BCUT2D eigenvalue weighted by Gasteiger charge is -2.13. The molecule has 0 aliphatic carbocycles. The molecule has 5 aromatic rings. The first-order valence-electron chi connectivity index (χ1n) is 11.0. The molecule has 36 heavy (non-hydrogen) atoms. The van der Waals surface area contributed by atoms with E-state index in [2.05, 4.69) is 20.3 Å². The van der Waals surface area contributed by atoms with Gasteiger partial charge in [0, 0.05) is 29.5 Å². The van der Waals surface area contributed by atoms with Crippen LogP contribution in [0.3, 0.4) is 0 Å². The van der Waals surface area contributed by atoms with Crippen LogP contribution < -0.4 is 25.1 Å². The summed E-state index contributed by atoms with van der Waals surface area (Å²) >= 11 is 0. The molecule has 2 N–H and O–H groups in total. The number of pyridine rings is 1. The van der Waals surface area contributed by atoms with Crippen molar-refractivity contribution in [1.82, 2.24) is 15.0 Å². The minimum Gasteiger partial charge on any atom is -0.493 e. The molecule has 3 aromatic carbocycles. The second-order valence-electron chi connectivity index (χ2n) is 7.75. The zero-order valence-corrected chi connectivity index (χ0v) is 19.4. The minimum atomic E-state index is -0.635. The number of H-pyrrole nitrogens is 1. The lowest BCUT2D eigenvalue weighted by molar-refractivity contribution is 0.355. The van der Waals surface area contributed by atoms with Crippen molar-refractivity contribution in [3.05, 3.63) is 95.3 Å². The molecule has 0 radical (unpaired) electrons. The van der Waals surface area contributed by atoms with E-state index in [1.54, 1.807) is 30.5 Å². The molecule has 0 spiro atoms. The molecule has 0 bridgehead atoms. The number of benzene rings is 3. The topological polar surface area (TPSA) is 98.4 Å². The van der Waals surface area contributed by atoms with E-state index in [1.165, 1.54) is 32.5 Å². The van der Waals surface area contributed by atoms with Gasteiger partial charge in [-0.1, -0.05) is 24.3 Å². The van der Waals surface area contributed by atoms with Crippen molar-refractivity contribution >= 4 is 22.5 Å². The second-order valence-corrected chi connectivity index (χ2v) is 7.75. The molecule has 9 heteroatoms. The molecular weight excluding hydrogens is 463 g/mol. The number of methoxy groups -OCH3 is 2. The Kier molecular flexibility index (Phi) is 6.19. The molecule has 8 nitrogen and oxygen atoms in total. The fourth-order valence-electron chi connectivity index (χ4n) is 3.73. The highest BCUT2D eigenvalue weighted by Crippen LogP contribution is 2.37. The second kappa shape index (κ2) is 9.75. The van der Waals surface area contributed by atoms with Crippen molar-refractivity contribution in [2.45, 2.75) is 0 Å². The van der Waals surface area contributed by atoms with Crippen LogP contribution in [0.15, 0.2) is 83.9 Å². The Morgan fingerprint density at radius 2 is 1.64 bits per heavy atom. The lowest BCUT2D eigenvalue weighted by Crippen LogP contribution is -2.12. The van der Waals surface area contributed by atoms with Crippen molar-refractivity contribution in [3.63, 3.8) is 0 Å². The standard InChI is InChI=1S/C27H21FN4O4/c1-34-24-13-18-21(14-25(24)35-2)29-11-10-22(18)36-23-9-8-16(12-20(23)28)19-15-30-27(32-26(19)33)31-17-6-4-3-5-7-17/h3-15H,1-2H3,(H2,30,31,32,33). The van der Waals surface area contributed by atoms with Crippen molar-refractivity contribution < 1.29 is 18.6 Å². The number of fused-ring (bicyclic) bond motifs is 1. The first-order chi connectivity index (χ1) is 17.6. The van der Waals surface area contributed by atoms with Gasteiger partial charge in [0.05, 0.1) is 25.3 Å². The molecule has 5 rings (SSSR count). The zero-order valence-electron chi connectivity index (χ0n) is 19.4. The van der Waals surface area contributed by atoms with Crippen LogP contribution in [0.5, 0.6) is 23.0 Å². The van der Waals surface area contributed by atoms with Crippen LogP contribution >= 0.6 is 0 Å². The van der Waals surface area contributed by atoms with Gasteiger partial charge in [-0.3, -0.25) is 14.8 Å². The van der Waals surface area contributed by atoms with Gasteiger partial charge in [-0.05, 0) is 42.0 Å². The molecule has 0 amide bonds. The van der Waals surface area contributed by atoms with Crippen molar-refractivity contribution in [2.24, 2.45) is 0 Å². The number of nitrogens with one attached hydrogen (secondary N) is 2. The maximum Gasteiger partial charge on any atom is 0.260 e. The van der Waals surface area contributed by atoms with Crippen molar-refractivity contribution in [2.75, 3.05) is 19.5 Å². The predicted octanol–water partition coefficient (Wildman–Crippen LogP) is 5.68. The number of aromatic nitrogens is 3. The van der Waals surface area contributed by atoms with E-state index in [4.69, 9.17) is 14.2 Å². The quantitative estimate of drug-likeness (QED) is 0.307. The number of ether oxygens (including phenoxy) is 3. The van der Waals surface area contributed by atoms with Gasteiger partial charge in [-0.15, -0.1) is 0 Å². The highest BCUT2D eigenvalue weighted by molar-refractivity contribution is 5.88. The molecule has 2 aromatic heterocycles. The number of anilines is 2. The molecule has 0 saturated heterocycles. The number of hydrogen-bond donors (Lipinski definition) is 2. The molecule has 0 atom stereocenters. The van der Waals surface area contributed by atoms with Gasteiger partial charge < -0.3 is 19.5 Å². The van der Waals surface area contributed by atoms with Crippen LogP contribution in [-0.2, 0) is 0 Å². The number of hydrogen-bond acceptors (Lipinski definition) is 7. The van der Waals surface area contributed by atoms with Crippen molar-refractivity contribution in [1.29, 1.82) is 0 Å². The maximum absolute atomic E-state index is 15.1. The first kappa shape index (κ1) is 22.9. The average Bonchev–Trinajstić information content (AvgIpc) is 2.90. The van der Waals surface area contributed by atoms with E-state index < -0.39 is 11.4 Å². The van der Waals surface area contributed by atoms with Gasteiger partial charge in [0.15, 0.2) is 23.1 Å². The smallest absolute Gasteiger partial charge is 0.260 e. The Bertz CT molecular complexity index is 1610. The fourth-order valence-corrected chi connectivity index (χ4v) is 3.73. The summed E-state index contributed by atoms with van der Waals surface area (Å²) in [6.45, 7) is 0. The van der Waals surface area contributed by atoms with E-state index in [1.807, 2.05) is 30.3 Å². The molecule has 0 unspecified atom stereocenters. The summed E-state index contributed by atoms with van der Waals surface area (Å²) in [4.78, 5) is 23.9. The summed E-state index contributed by atoms with van der Waals surface area (Å²) in [7, 11) is 3.06. The number of rotatable bonds is 7. The SMILES string of the molecule is COc1cc2nccc(Oc3ccc(-c4cnc(Nc5ccccc5)[nH]c4=O)cc3F)c2cc1OC. The molecule has 2 heterocycles.